The van der Waals surface area contributed by atoms with Crippen LogP contribution < -0.4 is 15.4 Å². The lowest BCUT2D eigenvalue weighted by Crippen LogP contribution is -2.31. The van der Waals surface area contributed by atoms with Crippen LogP contribution in [0.5, 0.6) is 5.75 Å². The van der Waals surface area contributed by atoms with Gasteiger partial charge in [0.2, 0.25) is 5.91 Å². The van der Waals surface area contributed by atoms with Gasteiger partial charge in [0, 0.05) is 25.8 Å². The minimum Gasteiger partial charge on any atom is -0.484 e. The number of aromatic nitrogens is 1. The minimum absolute atomic E-state index is 0.0182. The number of aryl methyl sites for hydroxylation is 1. The van der Waals surface area contributed by atoms with Gasteiger partial charge in [0.15, 0.2) is 12.4 Å². The van der Waals surface area contributed by atoms with Crippen LogP contribution in [0.2, 0.25) is 0 Å². The maximum atomic E-state index is 12.1. The van der Waals surface area contributed by atoms with Crippen molar-refractivity contribution >= 4 is 23.3 Å². The van der Waals surface area contributed by atoms with E-state index in [9.17, 15) is 9.59 Å². The topological polar surface area (TPSA) is 96.7 Å². The number of amides is 2. The summed E-state index contributed by atoms with van der Waals surface area (Å²) in [5.74, 6) is 1.24. The molecule has 134 valence electrons. The van der Waals surface area contributed by atoms with E-state index in [0.29, 0.717) is 17.3 Å². The molecule has 2 amide bonds. The van der Waals surface area contributed by atoms with E-state index in [1.807, 2.05) is 0 Å². The van der Waals surface area contributed by atoms with E-state index in [-0.39, 0.29) is 18.4 Å². The second-order valence-corrected chi connectivity index (χ2v) is 5.78. The molecule has 25 heavy (non-hydrogen) atoms. The molecule has 1 aromatic carbocycles. The Kier molecular flexibility index (Phi) is 5.99. The molecule has 0 aliphatic carbocycles. The van der Waals surface area contributed by atoms with Crippen LogP contribution in [-0.2, 0) is 9.59 Å². The lowest BCUT2D eigenvalue weighted by molar-refractivity contribution is -0.130. The first-order valence-corrected chi connectivity index (χ1v) is 7.79. The number of carbonyl (C=O) groups excluding carboxylic acids is 2. The third-order valence-corrected chi connectivity index (χ3v) is 3.37. The largest absolute Gasteiger partial charge is 0.484 e. The molecule has 2 N–H and O–H groups in total. The quantitative estimate of drug-likeness (QED) is 0.795. The summed E-state index contributed by atoms with van der Waals surface area (Å²) in [7, 11) is 3.34. The molecule has 8 heteroatoms. The zero-order valence-corrected chi connectivity index (χ0v) is 14.7. The highest BCUT2D eigenvalue weighted by atomic mass is 16.5. The van der Waals surface area contributed by atoms with Gasteiger partial charge in [0.25, 0.3) is 5.91 Å². The van der Waals surface area contributed by atoms with Gasteiger partial charge in [-0.1, -0.05) is 5.16 Å². The molecule has 2 aromatic rings. The molecule has 1 aromatic heterocycles. The van der Waals surface area contributed by atoms with Crippen LogP contribution in [0.1, 0.15) is 12.7 Å². The molecule has 0 bridgehead atoms. The Balaban J connectivity index is 1.85. The van der Waals surface area contributed by atoms with E-state index in [1.165, 1.54) is 4.90 Å². The molecule has 0 radical (unpaired) electrons. The monoisotopic (exact) mass is 346 g/mol. The average molecular weight is 346 g/mol. The second-order valence-electron chi connectivity index (χ2n) is 5.78. The summed E-state index contributed by atoms with van der Waals surface area (Å²) in [4.78, 5) is 25.1. The number of benzene rings is 1. The third kappa shape index (κ3) is 5.52. The molecule has 0 aliphatic rings. The van der Waals surface area contributed by atoms with Crippen molar-refractivity contribution in [3.8, 4) is 5.75 Å². The summed E-state index contributed by atoms with van der Waals surface area (Å²) in [6, 6.07) is 8.19. The number of anilines is 2. The van der Waals surface area contributed by atoms with Gasteiger partial charge in [0.1, 0.15) is 17.6 Å². The Hall–Kier alpha value is -3.03. The number of ether oxygens (including phenoxy) is 1. The molecule has 0 saturated heterocycles. The normalized spacial score (nSPS) is 11.5. The van der Waals surface area contributed by atoms with E-state index in [1.54, 1.807) is 58.3 Å². The summed E-state index contributed by atoms with van der Waals surface area (Å²) in [6.07, 6.45) is 0. The van der Waals surface area contributed by atoms with Crippen LogP contribution in [-0.4, -0.2) is 48.6 Å². The molecule has 0 aliphatic heterocycles. The predicted molar refractivity (Wildman–Crippen MR) is 93.6 cm³/mol. The smallest absolute Gasteiger partial charge is 0.259 e. The molecular weight excluding hydrogens is 324 g/mol. The van der Waals surface area contributed by atoms with Crippen molar-refractivity contribution in [2.75, 3.05) is 31.3 Å². The highest BCUT2D eigenvalue weighted by Crippen LogP contribution is 2.17. The van der Waals surface area contributed by atoms with Crippen LogP contribution in [0.25, 0.3) is 0 Å². The van der Waals surface area contributed by atoms with E-state index in [4.69, 9.17) is 9.26 Å². The summed E-state index contributed by atoms with van der Waals surface area (Å²) >= 11 is 0. The van der Waals surface area contributed by atoms with Gasteiger partial charge in [-0.3, -0.25) is 9.59 Å². The first-order valence-electron chi connectivity index (χ1n) is 7.79. The SMILES string of the molecule is Cc1cc(NC(=O)[C@@H](C)Nc2ccc(OCC(=O)N(C)C)cc2)no1. The van der Waals surface area contributed by atoms with Gasteiger partial charge in [-0.05, 0) is 38.1 Å². The van der Waals surface area contributed by atoms with Gasteiger partial charge >= 0.3 is 0 Å². The van der Waals surface area contributed by atoms with Crippen LogP contribution in [0.4, 0.5) is 11.5 Å². The first-order chi connectivity index (χ1) is 11.8. The number of hydrogen-bond donors (Lipinski definition) is 2. The summed E-state index contributed by atoms with van der Waals surface area (Å²) in [6.45, 7) is 3.47. The van der Waals surface area contributed by atoms with Crippen LogP contribution in [0.3, 0.4) is 0 Å². The van der Waals surface area contributed by atoms with Crippen molar-refractivity contribution in [1.82, 2.24) is 10.1 Å². The van der Waals surface area contributed by atoms with Crippen LogP contribution in [0, 0.1) is 6.92 Å². The van der Waals surface area contributed by atoms with Gasteiger partial charge in [-0.25, -0.2) is 0 Å². The number of likely N-dealkylation sites (N-methyl/N-ethyl adjacent to an activating group) is 1. The summed E-state index contributed by atoms with van der Waals surface area (Å²) < 4.78 is 10.3. The van der Waals surface area contributed by atoms with E-state index in [0.717, 1.165) is 5.69 Å². The molecule has 1 atom stereocenters. The fourth-order valence-corrected chi connectivity index (χ4v) is 1.90. The highest BCUT2D eigenvalue weighted by Gasteiger charge is 2.14. The summed E-state index contributed by atoms with van der Waals surface area (Å²) in [5, 5.41) is 9.46. The third-order valence-electron chi connectivity index (χ3n) is 3.37. The molecule has 1 heterocycles. The zero-order valence-electron chi connectivity index (χ0n) is 14.7. The Bertz CT molecular complexity index is 725. The Morgan fingerprint density at radius 1 is 1.28 bits per heavy atom. The van der Waals surface area contributed by atoms with E-state index < -0.39 is 6.04 Å². The van der Waals surface area contributed by atoms with Crippen LogP contribution >= 0.6 is 0 Å². The number of hydrogen-bond acceptors (Lipinski definition) is 6. The number of carbonyl (C=O) groups is 2. The number of nitrogens with one attached hydrogen (secondary N) is 2. The van der Waals surface area contributed by atoms with Crippen molar-refractivity contribution in [3.05, 3.63) is 36.1 Å². The Labute approximate surface area is 146 Å². The van der Waals surface area contributed by atoms with Gasteiger partial charge in [0.05, 0.1) is 0 Å². The second kappa shape index (κ2) is 8.18. The van der Waals surface area contributed by atoms with Gasteiger partial charge < -0.3 is 24.8 Å². The van der Waals surface area contributed by atoms with E-state index >= 15 is 0 Å². The average Bonchev–Trinajstić information content (AvgIpc) is 2.98. The van der Waals surface area contributed by atoms with Gasteiger partial charge in [-0.2, -0.15) is 0 Å². The van der Waals surface area contributed by atoms with Crippen molar-refractivity contribution in [2.24, 2.45) is 0 Å². The number of nitrogens with zero attached hydrogens (tertiary/aromatic N) is 2. The molecule has 0 unspecified atom stereocenters. The first kappa shape index (κ1) is 18.3. The predicted octanol–water partition coefficient (Wildman–Crippen LogP) is 1.89. The fourth-order valence-electron chi connectivity index (χ4n) is 1.90. The Morgan fingerprint density at radius 3 is 2.52 bits per heavy atom. The summed E-state index contributed by atoms with van der Waals surface area (Å²) in [5.41, 5.74) is 0.755. The molecular formula is C17H22N4O4. The fraction of sp³-hybridized carbons (Fsp3) is 0.353. The zero-order chi connectivity index (χ0) is 18.4. The standard InChI is InChI=1S/C17H22N4O4/c1-11-9-15(20-25-11)19-17(23)12(2)18-13-5-7-14(8-6-13)24-10-16(22)21(3)4/h5-9,12,18H,10H2,1-4H3,(H,19,20,23)/t12-/m1/s1. The molecule has 0 saturated carbocycles. The van der Waals surface area contributed by atoms with Crippen LogP contribution in [0.15, 0.2) is 34.9 Å². The lowest BCUT2D eigenvalue weighted by Gasteiger charge is -2.15. The molecule has 2 rings (SSSR count). The molecule has 0 fully saturated rings. The van der Waals surface area contributed by atoms with Gasteiger partial charge in [-0.15, -0.1) is 0 Å². The Morgan fingerprint density at radius 2 is 1.96 bits per heavy atom. The highest BCUT2D eigenvalue weighted by molar-refractivity contribution is 5.95. The van der Waals surface area contributed by atoms with Crippen molar-refractivity contribution in [2.45, 2.75) is 19.9 Å². The molecule has 0 spiro atoms. The van der Waals surface area contributed by atoms with Crippen molar-refractivity contribution < 1.29 is 18.8 Å². The minimum atomic E-state index is -0.473. The lowest BCUT2D eigenvalue weighted by atomic mass is 10.2. The maximum absolute atomic E-state index is 12.1. The number of rotatable bonds is 7. The van der Waals surface area contributed by atoms with E-state index in [2.05, 4.69) is 15.8 Å². The molecule has 8 nitrogen and oxygen atoms in total. The van der Waals surface area contributed by atoms with Crippen molar-refractivity contribution in [3.63, 3.8) is 0 Å². The maximum Gasteiger partial charge on any atom is 0.259 e. The van der Waals surface area contributed by atoms with Crippen molar-refractivity contribution in [1.29, 1.82) is 0 Å².